The van der Waals surface area contributed by atoms with Crippen LogP contribution in [0, 0.1) is 5.92 Å². The Morgan fingerprint density at radius 3 is 2.29 bits per heavy atom. The molecular weight excluding hydrogens is 256 g/mol. The van der Waals surface area contributed by atoms with Gasteiger partial charge in [0.2, 0.25) is 0 Å². The largest absolute Gasteiger partial charge is 0.388 e. The number of rotatable bonds is 4. The first-order valence-electron chi connectivity index (χ1n) is 7.45. The highest BCUT2D eigenvalue weighted by Gasteiger charge is 2.17. The third-order valence-electron chi connectivity index (χ3n) is 4.10. The molecule has 0 amide bonds. The fourth-order valence-electron chi connectivity index (χ4n) is 2.91. The summed E-state index contributed by atoms with van der Waals surface area (Å²) in [7, 11) is 0. The lowest BCUT2D eigenvalue weighted by atomic mass is 9.89. The number of hydrogen-bond donors (Lipinski definition) is 1. The zero-order chi connectivity index (χ0) is 14.7. The van der Waals surface area contributed by atoms with Gasteiger partial charge in [0.05, 0.1) is 6.10 Å². The fourth-order valence-corrected chi connectivity index (χ4v) is 2.91. The molecule has 2 unspecified atom stereocenters. The minimum Gasteiger partial charge on any atom is -0.388 e. The molecule has 0 saturated carbocycles. The Hall–Kier alpha value is -2.12. The second kappa shape index (κ2) is 6.11. The Morgan fingerprint density at radius 1 is 0.810 bits per heavy atom. The average Bonchev–Trinajstić information content (AvgIpc) is 2.55. The van der Waals surface area contributed by atoms with Crippen molar-refractivity contribution < 1.29 is 5.11 Å². The minimum atomic E-state index is -0.426. The summed E-state index contributed by atoms with van der Waals surface area (Å²) < 4.78 is 0. The van der Waals surface area contributed by atoms with Gasteiger partial charge in [-0.2, -0.15) is 0 Å². The summed E-state index contributed by atoms with van der Waals surface area (Å²) in [4.78, 5) is 0. The maximum Gasteiger partial charge on any atom is 0.0818 e. The van der Waals surface area contributed by atoms with Gasteiger partial charge in [0.25, 0.3) is 0 Å². The lowest BCUT2D eigenvalue weighted by Crippen LogP contribution is -2.12. The van der Waals surface area contributed by atoms with Crippen molar-refractivity contribution in [2.24, 2.45) is 5.92 Å². The van der Waals surface area contributed by atoms with Crippen molar-refractivity contribution in [3.05, 3.63) is 83.9 Å². The van der Waals surface area contributed by atoms with Crippen molar-refractivity contribution in [3.8, 4) is 0 Å². The van der Waals surface area contributed by atoms with Crippen molar-refractivity contribution in [1.29, 1.82) is 0 Å². The molecule has 0 radical (unpaired) electrons. The quantitative estimate of drug-likeness (QED) is 0.729. The van der Waals surface area contributed by atoms with Gasteiger partial charge in [0.15, 0.2) is 0 Å². The first-order chi connectivity index (χ1) is 10.3. The monoisotopic (exact) mass is 276 g/mol. The molecule has 0 heterocycles. The summed E-state index contributed by atoms with van der Waals surface area (Å²) in [6, 6.07) is 24.7. The molecule has 21 heavy (non-hydrogen) atoms. The Kier molecular flexibility index (Phi) is 4.03. The number of hydrogen-bond acceptors (Lipinski definition) is 1. The van der Waals surface area contributed by atoms with Crippen molar-refractivity contribution in [2.45, 2.75) is 19.4 Å². The number of benzene rings is 3. The minimum absolute atomic E-state index is 0.179. The van der Waals surface area contributed by atoms with Crippen molar-refractivity contribution in [1.82, 2.24) is 0 Å². The van der Waals surface area contributed by atoms with Crippen LogP contribution in [0.2, 0.25) is 0 Å². The Bertz CT molecular complexity index is 713. The number of aliphatic hydroxyl groups is 1. The summed E-state index contributed by atoms with van der Waals surface area (Å²) in [5.41, 5.74) is 2.29. The molecule has 0 aliphatic heterocycles. The predicted molar refractivity (Wildman–Crippen MR) is 88.2 cm³/mol. The predicted octanol–water partition coefficient (Wildman–Crippen LogP) is 4.75. The van der Waals surface area contributed by atoms with Crippen LogP contribution in [0.5, 0.6) is 0 Å². The van der Waals surface area contributed by atoms with Gasteiger partial charge in [0, 0.05) is 0 Å². The van der Waals surface area contributed by atoms with Crippen LogP contribution in [-0.4, -0.2) is 5.11 Å². The number of fused-ring (bicyclic) bond motifs is 1. The molecule has 0 saturated heterocycles. The zero-order valence-electron chi connectivity index (χ0n) is 12.2. The molecule has 3 aromatic rings. The fraction of sp³-hybridized carbons (Fsp3) is 0.200. The van der Waals surface area contributed by atoms with Crippen LogP contribution in [0.25, 0.3) is 10.8 Å². The van der Waals surface area contributed by atoms with E-state index in [4.69, 9.17) is 0 Å². The van der Waals surface area contributed by atoms with Crippen molar-refractivity contribution in [3.63, 3.8) is 0 Å². The van der Waals surface area contributed by atoms with E-state index in [0.717, 1.165) is 12.0 Å². The molecule has 1 N–H and O–H groups in total. The first-order valence-corrected chi connectivity index (χ1v) is 7.45. The molecule has 1 nitrogen and oxygen atoms in total. The van der Waals surface area contributed by atoms with Gasteiger partial charge in [-0.15, -0.1) is 0 Å². The zero-order valence-corrected chi connectivity index (χ0v) is 12.2. The highest BCUT2D eigenvalue weighted by Crippen LogP contribution is 2.27. The van der Waals surface area contributed by atoms with E-state index in [-0.39, 0.29) is 5.92 Å². The van der Waals surface area contributed by atoms with Crippen LogP contribution in [0.3, 0.4) is 0 Å². The number of aliphatic hydroxyl groups excluding tert-OH is 1. The second-order valence-electron chi connectivity index (χ2n) is 5.68. The molecule has 1 heteroatoms. The molecule has 3 rings (SSSR count). The maximum absolute atomic E-state index is 10.5. The highest BCUT2D eigenvalue weighted by molar-refractivity contribution is 5.85. The van der Waals surface area contributed by atoms with Crippen LogP contribution in [0.1, 0.15) is 24.2 Å². The van der Waals surface area contributed by atoms with Gasteiger partial charge in [-0.3, -0.25) is 0 Å². The summed E-state index contributed by atoms with van der Waals surface area (Å²) in [5.74, 6) is 0.179. The standard InChI is InChI=1S/C20H20O/c1-15(20(21)17-9-3-2-4-10-17)14-18-12-7-11-16-8-5-6-13-19(16)18/h2-13,15,20-21H,14H2,1H3. The Labute approximate surface area is 125 Å². The van der Waals surface area contributed by atoms with Gasteiger partial charge >= 0.3 is 0 Å². The summed E-state index contributed by atoms with van der Waals surface area (Å²) >= 11 is 0. The molecule has 106 valence electrons. The maximum atomic E-state index is 10.5. The Balaban J connectivity index is 1.85. The average molecular weight is 276 g/mol. The van der Waals surface area contributed by atoms with Crippen LogP contribution in [0.4, 0.5) is 0 Å². The highest BCUT2D eigenvalue weighted by atomic mass is 16.3. The summed E-state index contributed by atoms with van der Waals surface area (Å²) in [5, 5.41) is 13.1. The van der Waals surface area contributed by atoms with E-state index >= 15 is 0 Å². The molecule has 0 aromatic heterocycles. The van der Waals surface area contributed by atoms with Crippen LogP contribution < -0.4 is 0 Å². The van der Waals surface area contributed by atoms with E-state index in [1.165, 1.54) is 16.3 Å². The topological polar surface area (TPSA) is 20.2 Å². The molecule has 2 atom stereocenters. The normalized spacial score (nSPS) is 14.0. The lowest BCUT2D eigenvalue weighted by molar-refractivity contribution is 0.118. The van der Waals surface area contributed by atoms with E-state index < -0.39 is 6.10 Å². The molecule has 0 aliphatic carbocycles. The molecular formula is C20H20O. The van der Waals surface area contributed by atoms with E-state index in [2.05, 4.69) is 49.4 Å². The van der Waals surface area contributed by atoms with Gasteiger partial charge in [-0.25, -0.2) is 0 Å². The van der Waals surface area contributed by atoms with E-state index in [0.29, 0.717) is 0 Å². The first kappa shape index (κ1) is 13.8. The molecule has 0 bridgehead atoms. The van der Waals surface area contributed by atoms with Crippen LogP contribution in [0.15, 0.2) is 72.8 Å². The SMILES string of the molecule is CC(Cc1cccc2ccccc12)C(O)c1ccccc1. The van der Waals surface area contributed by atoms with Gasteiger partial charge in [-0.1, -0.05) is 79.7 Å². The molecule has 0 aliphatic rings. The van der Waals surface area contributed by atoms with Crippen LogP contribution in [-0.2, 0) is 6.42 Å². The van der Waals surface area contributed by atoms with Crippen molar-refractivity contribution >= 4 is 10.8 Å². The van der Waals surface area contributed by atoms with E-state index in [9.17, 15) is 5.11 Å². The van der Waals surface area contributed by atoms with Gasteiger partial charge in [0.1, 0.15) is 0 Å². The Morgan fingerprint density at radius 2 is 1.48 bits per heavy atom. The summed E-state index contributed by atoms with van der Waals surface area (Å²) in [6.45, 7) is 2.11. The smallest absolute Gasteiger partial charge is 0.0818 e. The van der Waals surface area contributed by atoms with E-state index in [1.54, 1.807) is 0 Å². The van der Waals surface area contributed by atoms with Gasteiger partial charge < -0.3 is 5.11 Å². The van der Waals surface area contributed by atoms with E-state index in [1.807, 2.05) is 30.3 Å². The lowest BCUT2D eigenvalue weighted by Gasteiger charge is -2.20. The molecule has 0 fully saturated rings. The molecule has 3 aromatic carbocycles. The van der Waals surface area contributed by atoms with Crippen molar-refractivity contribution in [2.75, 3.05) is 0 Å². The second-order valence-corrected chi connectivity index (χ2v) is 5.68. The van der Waals surface area contributed by atoms with Gasteiger partial charge in [-0.05, 0) is 34.2 Å². The third-order valence-corrected chi connectivity index (χ3v) is 4.10. The third kappa shape index (κ3) is 2.98. The van der Waals surface area contributed by atoms with Crippen LogP contribution >= 0.6 is 0 Å². The molecule has 0 spiro atoms. The summed E-state index contributed by atoms with van der Waals surface area (Å²) in [6.07, 6.45) is 0.447.